The molecule has 2 N–H and O–H groups in total. The van der Waals surface area contributed by atoms with E-state index in [-0.39, 0.29) is 5.43 Å². The van der Waals surface area contributed by atoms with Crippen LogP contribution in [0.4, 0.5) is 5.69 Å². The second kappa shape index (κ2) is 8.57. The smallest absolute Gasteiger partial charge is 0.197 e. The van der Waals surface area contributed by atoms with Gasteiger partial charge in [0.1, 0.15) is 0 Å². The molecule has 5 nitrogen and oxygen atoms in total. The molecule has 0 radical (unpaired) electrons. The zero-order valence-corrected chi connectivity index (χ0v) is 17.7. The third-order valence-electron chi connectivity index (χ3n) is 5.07. The van der Waals surface area contributed by atoms with E-state index in [1.807, 2.05) is 37.3 Å². The highest BCUT2D eigenvalue weighted by Gasteiger charge is 2.22. The lowest BCUT2D eigenvalue weighted by molar-refractivity contribution is -0.181. The van der Waals surface area contributed by atoms with Crippen LogP contribution in [0.25, 0.3) is 20.2 Å². The number of fused-ring (bicyclic) bond motifs is 2. The second-order valence-corrected chi connectivity index (χ2v) is 8.29. The number of ether oxygens (including phenoxy) is 1. The van der Waals surface area contributed by atoms with Crippen molar-refractivity contribution in [2.45, 2.75) is 26.6 Å². The summed E-state index contributed by atoms with van der Waals surface area (Å²) in [5, 5.41) is 15.1. The molecule has 1 atom stereocenters. The minimum atomic E-state index is -1.17. The van der Waals surface area contributed by atoms with Crippen LogP contribution in [0.3, 0.4) is 0 Å². The van der Waals surface area contributed by atoms with Gasteiger partial charge in [-0.05, 0) is 44.2 Å². The molecule has 0 saturated carbocycles. The SMILES string of the molecule is CCN(CCNc1ccc(C)c2sc3ccccc3c(=O)c12)CC(C)(O)OC. The first-order valence-corrected chi connectivity index (χ1v) is 10.4. The predicted octanol–water partition coefficient (Wildman–Crippen LogP) is 3.81. The van der Waals surface area contributed by atoms with Crippen molar-refractivity contribution in [2.24, 2.45) is 0 Å². The molecule has 3 rings (SSSR count). The molecule has 0 aliphatic carbocycles. The highest BCUT2D eigenvalue weighted by Crippen LogP contribution is 2.31. The molecule has 1 aromatic heterocycles. The zero-order valence-electron chi connectivity index (χ0n) is 16.9. The van der Waals surface area contributed by atoms with Crippen LogP contribution in [0, 0.1) is 6.92 Å². The summed E-state index contributed by atoms with van der Waals surface area (Å²) in [5.74, 6) is -1.17. The molecule has 0 amide bonds. The van der Waals surface area contributed by atoms with Gasteiger partial charge in [-0.2, -0.15) is 0 Å². The molecule has 0 bridgehead atoms. The molecule has 0 spiro atoms. The number of nitrogens with one attached hydrogen (secondary N) is 1. The summed E-state index contributed by atoms with van der Waals surface area (Å²) < 4.78 is 7.16. The Morgan fingerprint density at radius 2 is 2.00 bits per heavy atom. The number of aliphatic hydroxyl groups is 1. The van der Waals surface area contributed by atoms with Crippen molar-refractivity contribution in [3.8, 4) is 0 Å². The van der Waals surface area contributed by atoms with Crippen molar-refractivity contribution >= 4 is 37.2 Å². The summed E-state index contributed by atoms with van der Waals surface area (Å²) in [4.78, 5) is 15.3. The number of methoxy groups -OCH3 is 1. The van der Waals surface area contributed by atoms with Gasteiger partial charge in [-0.15, -0.1) is 11.3 Å². The van der Waals surface area contributed by atoms with Crippen LogP contribution >= 0.6 is 11.3 Å². The number of likely N-dealkylation sites (N-methyl/N-ethyl adjacent to an activating group) is 1. The molecule has 0 saturated heterocycles. The van der Waals surface area contributed by atoms with Gasteiger partial charge in [0.15, 0.2) is 11.2 Å². The minimum absolute atomic E-state index is 0.0743. The summed E-state index contributed by atoms with van der Waals surface area (Å²) in [7, 11) is 1.51. The van der Waals surface area contributed by atoms with E-state index < -0.39 is 5.79 Å². The Morgan fingerprint density at radius 3 is 2.71 bits per heavy atom. The number of hydrogen-bond donors (Lipinski definition) is 2. The lowest BCUT2D eigenvalue weighted by Gasteiger charge is -2.29. The van der Waals surface area contributed by atoms with Crippen molar-refractivity contribution in [2.75, 3.05) is 38.6 Å². The first kappa shape index (κ1) is 20.7. The van der Waals surface area contributed by atoms with E-state index in [9.17, 15) is 9.90 Å². The van der Waals surface area contributed by atoms with Crippen molar-refractivity contribution in [3.05, 3.63) is 52.2 Å². The van der Waals surface area contributed by atoms with Crippen LogP contribution in [0.5, 0.6) is 0 Å². The molecular weight excluding hydrogens is 372 g/mol. The Hall–Kier alpha value is -1.99. The quantitative estimate of drug-likeness (QED) is 0.445. The van der Waals surface area contributed by atoms with Gasteiger partial charge in [0.05, 0.1) is 11.9 Å². The average Bonchev–Trinajstić information content (AvgIpc) is 2.69. The maximum atomic E-state index is 13.1. The van der Waals surface area contributed by atoms with E-state index in [0.29, 0.717) is 13.1 Å². The molecule has 150 valence electrons. The van der Waals surface area contributed by atoms with Gasteiger partial charge in [-0.25, -0.2) is 0 Å². The monoisotopic (exact) mass is 400 g/mol. The van der Waals surface area contributed by atoms with Gasteiger partial charge in [0.2, 0.25) is 0 Å². The van der Waals surface area contributed by atoms with Gasteiger partial charge in [-0.3, -0.25) is 9.69 Å². The van der Waals surface area contributed by atoms with Crippen LogP contribution < -0.4 is 10.7 Å². The maximum Gasteiger partial charge on any atom is 0.197 e. The number of aryl methyl sites for hydroxylation is 1. The molecule has 28 heavy (non-hydrogen) atoms. The molecule has 2 aromatic carbocycles. The molecule has 3 aromatic rings. The third kappa shape index (κ3) is 4.36. The number of benzene rings is 2. The van der Waals surface area contributed by atoms with Crippen molar-refractivity contribution in [1.82, 2.24) is 4.90 Å². The van der Waals surface area contributed by atoms with E-state index in [4.69, 9.17) is 4.74 Å². The number of nitrogens with zero attached hydrogens (tertiary/aromatic N) is 1. The summed E-state index contributed by atoms with van der Waals surface area (Å²) in [6.07, 6.45) is 0. The van der Waals surface area contributed by atoms with Gasteiger partial charge in [0, 0.05) is 40.7 Å². The van der Waals surface area contributed by atoms with Gasteiger partial charge >= 0.3 is 0 Å². The number of anilines is 1. The fraction of sp³-hybridized carbons (Fsp3) is 0.409. The summed E-state index contributed by atoms with van der Waals surface area (Å²) in [6.45, 7) is 8.39. The lowest BCUT2D eigenvalue weighted by Crippen LogP contribution is -2.43. The summed E-state index contributed by atoms with van der Waals surface area (Å²) in [5.41, 5.74) is 2.05. The molecular formula is C22H28N2O3S. The topological polar surface area (TPSA) is 61.8 Å². The van der Waals surface area contributed by atoms with Crippen LogP contribution in [-0.4, -0.2) is 49.1 Å². The Morgan fingerprint density at radius 1 is 1.25 bits per heavy atom. The first-order valence-electron chi connectivity index (χ1n) is 9.55. The first-order chi connectivity index (χ1) is 13.4. The van der Waals surface area contributed by atoms with E-state index in [0.717, 1.165) is 44.5 Å². The van der Waals surface area contributed by atoms with Crippen molar-refractivity contribution in [3.63, 3.8) is 0 Å². The molecule has 0 aliphatic rings. The Bertz CT molecular complexity index is 1030. The standard InChI is InChI=1S/C22H28N2O3S/c1-5-24(14-22(3,26)27-4)13-12-23-17-11-10-15(2)21-19(17)20(25)16-8-6-7-9-18(16)28-21/h6-11,23,26H,5,12-14H2,1-4H3. The Kier molecular flexibility index (Phi) is 6.35. The maximum absolute atomic E-state index is 13.1. The number of rotatable bonds is 8. The van der Waals surface area contributed by atoms with Gasteiger partial charge < -0.3 is 15.2 Å². The minimum Gasteiger partial charge on any atom is -0.383 e. The van der Waals surface area contributed by atoms with Crippen LogP contribution in [0.1, 0.15) is 19.4 Å². The Labute approximate surface area is 169 Å². The van der Waals surface area contributed by atoms with E-state index >= 15 is 0 Å². The zero-order chi connectivity index (χ0) is 20.3. The molecule has 0 fully saturated rings. The van der Waals surface area contributed by atoms with Gasteiger partial charge in [-0.1, -0.05) is 25.1 Å². The van der Waals surface area contributed by atoms with Crippen LogP contribution in [0.15, 0.2) is 41.2 Å². The van der Waals surface area contributed by atoms with Crippen molar-refractivity contribution < 1.29 is 9.84 Å². The molecule has 1 unspecified atom stereocenters. The van der Waals surface area contributed by atoms with Gasteiger partial charge in [0.25, 0.3) is 0 Å². The summed E-state index contributed by atoms with van der Waals surface area (Å²) >= 11 is 1.66. The van der Waals surface area contributed by atoms with Crippen molar-refractivity contribution in [1.29, 1.82) is 0 Å². The Balaban J connectivity index is 1.87. The van der Waals surface area contributed by atoms with E-state index in [1.165, 1.54) is 7.11 Å². The van der Waals surface area contributed by atoms with Crippen LogP contribution in [-0.2, 0) is 4.74 Å². The normalized spacial score (nSPS) is 13.9. The number of hydrogen-bond acceptors (Lipinski definition) is 6. The van der Waals surface area contributed by atoms with E-state index in [2.05, 4.69) is 23.2 Å². The highest BCUT2D eigenvalue weighted by atomic mass is 32.1. The van der Waals surface area contributed by atoms with E-state index in [1.54, 1.807) is 18.3 Å². The predicted molar refractivity (Wildman–Crippen MR) is 119 cm³/mol. The molecule has 1 heterocycles. The average molecular weight is 401 g/mol. The van der Waals surface area contributed by atoms with Crippen LogP contribution in [0.2, 0.25) is 0 Å². The molecule has 0 aliphatic heterocycles. The third-order valence-corrected chi connectivity index (χ3v) is 6.38. The largest absolute Gasteiger partial charge is 0.383 e. The second-order valence-electron chi connectivity index (χ2n) is 7.24. The molecule has 6 heteroatoms. The fourth-order valence-corrected chi connectivity index (χ4v) is 4.53. The fourth-order valence-electron chi connectivity index (χ4n) is 3.36. The highest BCUT2D eigenvalue weighted by molar-refractivity contribution is 7.24. The summed E-state index contributed by atoms with van der Waals surface area (Å²) in [6, 6.07) is 11.8. The lowest BCUT2D eigenvalue weighted by atomic mass is 10.1.